The molecule has 0 spiro atoms. The number of aromatic nitrogens is 2. The van der Waals surface area contributed by atoms with Gasteiger partial charge in [0.05, 0.1) is 25.7 Å². The summed E-state index contributed by atoms with van der Waals surface area (Å²) in [6.45, 7) is 3.12. The maximum absolute atomic E-state index is 13.0. The number of piperidine rings is 1. The molecule has 2 fully saturated rings. The monoisotopic (exact) mass is 525 g/mol. The van der Waals surface area contributed by atoms with Crippen molar-refractivity contribution in [3.8, 4) is 11.6 Å². The fourth-order valence-electron chi connectivity index (χ4n) is 4.80. The Hall–Kier alpha value is -3.32. The molecule has 2 aromatic rings. The molecule has 1 N–H and O–H groups in total. The van der Waals surface area contributed by atoms with Crippen LogP contribution in [-0.4, -0.2) is 84.2 Å². The quantitative estimate of drug-likeness (QED) is 0.450. The Balaban J connectivity index is 1.37. The molecule has 2 aliphatic rings. The fourth-order valence-corrected chi connectivity index (χ4v) is 4.80. The summed E-state index contributed by atoms with van der Waals surface area (Å²) in [5, 5.41) is 2.81. The molecule has 1 aromatic heterocycles. The highest BCUT2D eigenvalue weighted by Gasteiger charge is 2.56. The number of carbonyl (C=O) groups excluding carboxylic acids is 2. The second kappa shape index (κ2) is 11.4. The number of aryl methyl sites for hydroxylation is 1. The first-order valence-corrected chi connectivity index (χ1v) is 11.9. The van der Waals surface area contributed by atoms with Gasteiger partial charge in [0.2, 0.25) is 11.8 Å². The minimum atomic E-state index is -4.81. The largest absolute Gasteiger partial charge is 0.573 e. The predicted molar refractivity (Wildman–Crippen MR) is 125 cm³/mol. The summed E-state index contributed by atoms with van der Waals surface area (Å²) in [5.74, 6) is 0.586. The number of alkyl halides is 3. The van der Waals surface area contributed by atoms with E-state index >= 15 is 0 Å². The number of benzene rings is 1. The van der Waals surface area contributed by atoms with Crippen molar-refractivity contribution in [1.29, 1.82) is 0 Å². The van der Waals surface area contributed by atoms with Gasteiger partial charge in [0.25, 0.3) is 0 Å². The van der Waals surface area contributed by atoms with Gasteiger partial charge in [-0.2, -0.15) is 0 Å². The Morgan fingerprint density at radius 3 is 2.65 bits per heavy atom. The molecule has 1 saturated carbocycles. The van der Waals surface area contributed by atoms with E-state index in [4.69, 9.17) is 9.47 Å². The van der Waals surface area contributed by atoms with Crippen molar-refractivity contribution in [3.05, 3.63) is 42.4 Å². The molecule has 202 valence electrons. The summed E-state index contributed by atoms with van der Waals surface area (Å²) in [5.41, 5.74) is 0.472. The molecule has 1 aliphatic heterocycles. The Kier molecular flexibility index (Phi) is 8.22. The summed E-state index contributed by atoms with van der Waals surface area (Å²) < 4.78 is 54.0. The Labute approximate surface area is 212 Å². The molecule has 2 atom stereocenters. The van der Waals surface area contributed by atoms with Gasteiger partial charge in [-0.1, -0.05) is 12.1 Å². The number of amides is 2. The first-order valence-electron chi connectivity index (χ1n) is 11.9. The summed E-state index contributed by atoms with van der Waals surface area (Å²) in [6.07, 6.45) is -2.40. The van der Waals surface area contributed by atoms with Crippen molar-refractivity contribution in [2.45, 2.75) is 12.9 Å². The summed E-state index contributed by atoms with van der Waals surface area (Å²) in [4.78, 5) is 32.7. The maximum Gasteiger partial charge on any atom is 0.573 e. The van der Waals surface area contributed by atoms with Crippen LogP contribution in [0.5, 0.6) is 11.6 Å². The van der Waals surface area contributed by atoms with Crippen molar-refractivity contribution >= 4 is 12.0 Å². The van der Waals surface area contributed by atoms with Gasteiger partial charge < -0.3 is 29.0 Å². The van der Waals surface area contributed by atoms with Crippen molar-refractivity contribution < 1.29 is 37.0 Å². The molecular formula is C24H30F3N5O5. The van der Waals surface area contributed by atoms with E-state index in [0.717, 1.165) is 13.1 Å². The molecule has 1 aromatic carbocycles. The molecule has 13 heteroatoms. The molecule has 0 radical (unpaired) electrons. The van der Waals surface area contributed by atoms with Crippen molar-refractivity contribution in [2.75, 3.05) is 46.4 Å². The van der Waals surface area contributed by atoms with Crippen LogP contribution in [-0.2, 0) is 23.1 Å². The van der Waals surface area contributed by atoms with Crippen LogP contribution >= 0.6 is 0 Å². The molecule has 37 heavy (non-hydrogen) atoms. The van der Waals surface area contributed by atoms with E-state index in [1.165, 1.54) is 29.4 Å². The molecule has 0 bridgehead atoms. The normalized spacial score (nSPS) is 20.8. The number of fused-ring (bicyclic) bond motifs is 1. The number of hydrogen-bond acceptors (Lipinski definition) is 7. The predicted octanol–water partition coefficient (Wildman–Crippen LogP) is 2.26. The van der Waals surface area contributed by atoms with Crippen LogP contribution in [0.3, 0.4) is 0 Å². The lowest BCUT2D eigenvalue weighted by molar-refractivity contribution is -0.274. The molecular weight excluding hydrogens is 495 g/mol. The lowest BCUT2D eigenvalue weighted by Gasteiger charge is -2.24. The highest BCUT2D eigenvalue weighted by atomic mass is 19.4. The molecule has 2 amide bonds. The minimum absolute atomic E-state index is 0.0439. The number of likely N-dealkylation sites (tertiary alicyclic amines) is 1. The lowest BCUT2D eigenvalue weighted by atomic mass is 10.2. The van der Waals surface area contributed by atoms with Crippen molar-refractivity contribution in [3.63, 3.8) is 0 Å². The van der Waals surface area contributed by atoms with Crippen LogP contribution in [0, 0.1) is 17.8 Å². The first kappa shape index (κ1) is 26.7. The second-order valence-corrected chi connectivity index (χ2v) is 9.35. The number of hydrogen-bond donors (Lipinski definition) is 1. The molecule has 10 nitrogen and oxygen atoms in total. The third-order valence-electron chi connectivity index (χ3n) is 6.51. The van der Waals surface area contributed by atoms with Gasteiger partial charge in [0.1, 0.15) is 5.75 Å². The highest BCUT2D eigenvalue weighted by molar-refractivity contribution is 5.78. The van der Waals surface area contributed by atoms with Crippen LogP contribution in [0.2, 0.25) is 0 Å². The highest BCUT2D eigenvalue weighted by Crippen LogP contribution is 2.52. The van der Waals surface area contributed by atoms with Gasteiger partial charge in [-0.25, -0.2) is 9.78 Å². The SMILES string of the molecule is COCCNC(=O)CN1CC2C(C1)C2CN(Cc1cccc(OC(F)(F)F)c1)C(=O)Oc1cn(C)cn1. The zero-order valence-corrected chi connectivity index (χ0v) is 20.6. The summed E-state index contributed by atoms with van der Waals surface area (Å²) >= 11 is 0. The number of imidazole rings is 1. The van der Waals surface area contributed by atoms with Crippen LogP contribution in [0.15, 0.2) is 36.8 Å². The first-order chi connectivity index (χ1) is 17.6. The lowest BCUT2D eigenvalue weighted by Crippen LogP contribution is -2.40. The smallest absolute Gasteiger partial charge is 0.406 e. The average molecular weight is 526 g/mol. The molecule has 4 rings (SSSR count). The summed E-state index contributed by atoms with van der Waals surface area (Å²) in [7, 11) is 3.31. The van der Waals surface area contributed by atoms with Crippen molar-refractivity contribution in [2.24, 2.45) is 24.8 Å². The Morgan fingerprint density at radius 1 is 1.24 bits per heavy atom. The molecule has 1 aliphatic carbocycles. The van der Waals surface area contributed by atoms with E-state index in [1.807, 2.05) is 0 Å². The topological polar surface area (TPSA) is 98.2 Å². The van der Waals surface area contributed by atoms with E-state index in [-0.39, 0.29) is 30.0 Å². The zero-order chi connectivity index (χ0) is 26.6. The van der Waals surface area contributed by atoms with E-state index in [1.54, 1.807) is 31.0 Å². The van der Waals surface area contributed by atoms with E-state index in [2.05, 4.69) is 19.9 Å². The number of nitrogens with one attached hydrogen (secondary N) is 1. The zero-order valence-electron chi connectivity index (χ0n) is 20.6. The molecule has 2 unspecified atom stereocenters. The fraction of sp³-hybridized carbons (Fsp3) is 0.542. The van der Waals surface area contributed by atoms with E-state index < -0.39 is 12.5 Å². The third kappa shape index (κ3) is 7.59. The van der Waals surface area contributed by atoms with Crippen LogP contribution in [0.1, 0.15) is 5.56 Å². The second-order valence-electron chi connectivity index (χ2n) is 9.35. The number of halogens is 3. The number of methoxy groups -OCH3 is 1. The average Bonchev–Trinajstić information content (AvgIpc) is 3.10. The molecule has 2 heterocycles. The van der Waals surface area contributed by atoms with E-state index in [9.17, 15) is 22.8 Å². The van der Waals surface area contributed by atoms with Gasteiger partial charge >= 0.3 is 12.5 Å². The van der Waals surface area contributed by atoms with Gasteiger partial charge in [0.15, 0.2) is 0 Å². The number of carbonyl (C=O) groups is 2. The van der Waals surface area contributed by atoms with Crippen LogP contribution < -0.4 is 14.8 Å². The van der Waals surface area contributed by atoms with Gasteiger partial charge in [-0.15, -0.1) is 13.2 Å². The number of ether oxygens (including phenoxy) is 3. The number of rotatable bonds is 11. The van der Waals surface area contributed by atoms with Crippen LogP contribution in [0.4, 0.5) is 18.0 Å². The van der Waals surface area contributed by atoms with Gasteiger partial charge in [0, 0.05) is 46.9 Å². The third-order valence-corrected chi connectivity index (χ3v) is 6.51. The Bertz CT molecular complexity index is 1080. The summed E-state index contributed by atoms with van der Waals surface area (Å²) in [6, 6.07) is 5.53. The van der Waals surface area contributed by atoms with Gasteiger partial charge in [-0.3, -0.25) is 9.69 Å². The van der Waals surface area contributed by atoms with E-state index in [0.29, 0.717) is 43.6 Å². The van der Waals surface area contributed by atoms with Crippen LogP contribution in [0.25, 0.3) is 0 Å². The maximum atomic E-state index is 13.0. The van der Waals surface area contributed by atoms with Gasteiger partial charge in [-0.05, 0) is 35.4 Å². The molecule has 1 saturated heterocycles. The standard InChI is InChI=1S/C24H30F3N5O5/c1-30-14-22(29-15-30)36-23(34)32(9-16-4-3-5-17(8-16)37-24(25,26)27)12-20-18-10-31(11-19(18)20)13-21(33)28-6-7-35-2/h3-5,8,14-15,18-20H,6-7,9-13H2,1-2H3,(H,28,33). The minimum Gasteiger partial charge on any atom is -0.406 e. The number of nitrogens with zero attached hydrogens (tertiary/aromatic N) is 4. The van der Waals surface area contributed by atoms with Crippen molar-refractivity contribution in [1.82, 2.24) is 24.7 Å². The Morgan fingerprint density at radius 2 is 2.00 bits per heavy atom.